The fraction of sp³-hybridized carbons (Fsp3) is 0.571. The molecule has 0 saturated heterocycles. The van der Waals surface area contributed by atoms with E-state index < -0.39 is 0 Å². The number of benzene rings is 1. The molecule has 0 bridgehead atoms. The summed E-state index contributed by atoms with van der Waals surface area (Å²) in [6.45, 7) is 0. The van der Waals surface area contributed by atoms with Gasteiger partial charge in [0.2, 0.25) is 0 Å². The first-order valence-electron chi connectivity index (χ1n) is 6.11. The third-order valence-electron chi connectivity index (χ3n) is 4.11. The number of fused-ring (bicyclic) bond motifs is 1. The minimum Gasteiger partial charge on any atom is -0.122 e. The Kier molecular flexibility index (Phi) is 2.89. The molecule has 3 unspecified atom stereocenters. The highest BCUT2D eigenvalue weighted by atomic mass is 35.5. The summed E-state index contributed by atoms with van der Waals surface area (Å²) in [5.41, 5.74) is 1.27. The third kappa shape index (κ3) is 2.24. The first-order chi connectivity index (χ1) is 7.72. The smallest absolute Gasteiger partial charge is 0.0408 e. The maximum absolute atomic E-state index is 6.52. The molecule has 1 aromatic rings. The molecule has 86 valence electrons. The molecule has 2 heteroatoms. The van der Waals surface area contributed by atoms with Gasteiger partial charge in [0.05, 0.1) is 0 Å². The summed E-state index contributed by atoms with van der Waals surface area (Å²) >= 11 is 12.5. The van der Waals surface area contributed by atoms with Crippen molar-refractivity contribution in [3.63, 3.8) is 0 Å². The van der Waals surface area contributed by atoms with E-state index in [2.05, 4.69) is 6.07 Å². The van der Waals surface area contributed by atoms with Crippen LogP contribution in [0.25, 0.3) is 0 Å². The van der Waals surface area contributed by atoms with Gasteiger partial charge in [0, 0.05) is 10.4 Å². The quantitative estimate of drug-likeness (QED) is 0.696. The van der Waals surface area contributed by atoms with E-state index in [1.165, 1.54) is 24.8 Å². The Balaban J connectivity index is 1.61. The number of halogens is 2. The van der Waals surface area contributed by atoms with Crippen molar-refractivity contribution < 1.29 is 0 Å². The predicted molar refractivity (Wildman–Crippen MR) is 69.1 cm³/mol. The molecule has 3 atom stereocenters. The minimum atomic E-state index is 0.297. The summed E-state index contributed by atoms with van der Waals surface area (Å²) in [4.78, 5) is 0. The highest BCUT2D eigenvalue weighted by Gasteiger charge is 2.47. The van der Waals surface area contributed by atoms with Gasteiger partial charge in [0.25, 0.3) is 0 Å². The van der Waals surface area contributed by atoms with Crippen LogP contribution in [0.1, 0.15) is 24.8 Å². The molecular formula is C14H16Cl2. The van der Waals surface area contributed by atoms with Crippen LogP contribution >= 0.6 is 23.2 Å². The van der Waals surface area contributed by atoms with E-state index in [4.69, 9.17) is 23.2 Å². The van der Waals surface area contributed by atoms with Crippen molar-refractivity contribution in [2.45, 2.75) is 31.1 Å². The zero-order chi connectivity index (χ0) is 11.1. The largest absolute Gasteiger partial charge is 0.122 e. The number of hydrogen-bond donors (Lipinski definition) is 0. The van der Waals surface area contributed by atoms with E-state index in [1.54, 1.807) is 0 Å². The zero-order valence-electron chi connectivity index (χ0n) is 9.20. The van der Waals surface area contributed by atoms with E-state index in [0.29, 0.717) is 5.38 Å². The van der Waals surface area contributed by atoms with Crippen molar-refractivity contribution in [2.24, 2.45) is 17.8 Å². The van der Waals surface area contributed by atoms with Gasteiger partial charge in [0.1, 0.15) is 0 Å². The Bertz CT molecular complexity index is 378. The lowest BCUT2D eigenvalue weighted by molar-refractivity contribution is 0.460. The van der Waals surface area contributed by atoms with Gasteiger partial charge in [-0.25, -0.2) is 0 Å². The van der Waals surface area contributed by atoms with Gasteiger partial charge < -0.3 is 0 Å². The van der Waals surface area contributed by atoms with E-state index >= 15 is 0 Å². The van der Waals surface area contributed by atoms with Crippen molar-refractivity contribution in [1.82, 2.24) is 0 Å². The monoisotopic (exact) mass is 254 g/mol. The average molecular weight is 255 g/mol. The van der Waals surface area contributed by atoms with E-state index in [0.717, 1.165) is 29.2 Å². The normalized spacial score (nSPS) is 33.5. The summed E-state index contributed by atoms with van der Waals surface area (Å²) in [6.07, 6.45) is 5.16. The third-order valence-corrected chi connectivity index (χ3v) is 4.86. The molecular weight excluding hydrogens is 239 g/mol. The van der Waals surface area contributed by atoms with Gasteiger partial charge in [-0.2, -0.15) is 0 Å². The summed E-state index contributed by atoms with van der Waals surface area (Å²) in [5.74, 6) is 2.78. The van der Waals surface area contributed by atoms with Crippen molar-refractivity contribution in [3.05, 3.63) is 34.9 Å². The topological polar surface area (TPSA) is 0 Å². The molecule has 2 aliphatic rings. The molecule has 2 fully saturated rings. The molecule has 0 aromatic heterocycles. The van der Waals surface area contributed by atoms with Crippen LogP contribution in [0.3, 0.4) is 0 Å². The average Bonchev–Trinajstić information content (AvgIpc) is 2.86. The fourth-order valence-corrected chi connectivity index (χ4v) is 3.71. The van der Waals surface area contributed by atoms with Gasteiger partial charge >= 0.3 is 0 Å². The second kappa shape index (κ2) is 4.23. The van der Waals surface area contributed by atoms with Crippen molar-refractivity contribution in [3.8, 4) is 0 Å². The molecule has 2 saturated carbocycles. The van der Waals surface area contributed by atoms with Crippen LogP contribution in [0.15, 0.2) is 24.3 Å². The molecule has 2 aliphatic carbocycles. The molecule has 0 nitrogen and oxygen atoms in total. The summed E-state index contributed by atoms with van der Waals surface area (Å²) in [6, 6.07) is 8.08. The molecule has 0 amide bonds. The molecule has 3 rings (SSSR count). The molecule has 0 aliphatic heterocycles. The molecule has 1 aromatic carbocycles. The van der Waals surface area contributed by atoms with Crippen LogP contribution in [-0.4, -0.2) is 5.38 Å². The lowest BCUT2D eigenvalue weighted by Crippen LogP contribution is -2.16. The molecule has 0 N–H and O–H groups in total. The Morgan fingerprint density at radius 1 is 1.19 bits per heavy atom. The van der Waals surface area contributed by atoms with Crippen LogP contribution in [-0.2, 0) is 6.42 Å². The lowest BCUT2D eigenvalue weighted by Gasteiger charge is -2.18. The first kappa shape index (κ1) is 10.9. The minimum absolute atomic E-state index is 0.297. The van der Waals surface area contributed by atoms with Crippen LogP contribution in [0.4, 0.5) is 0 Å². The number of hydrogen-bond acceptors (Lipinski definition) is 0. The van der Waals surface area contributed by atoms with Crippen LogP contribution in [0.5, 0.6) is 0 Å². The number of rotatable bonds is 3. The van der Waals surface area contributed by atoms with Gasteiger partial charge in [0.15, 0.2) is 0 Å². The summed E-state index contributed by atoms with van der Waals surface area (Å²) < 4.78 is 0. The fourth-order valence-electron chi connectivity index (χ4n) is 3.11. The van der Waals surface area contributed by atoms with Crippen LogP contribution in [0.2, 0.25) is 5.02 Å². The van der Waals surface area contributed by atoms with E-state index in [1.807, 2.05) is 18.2 Å². The maximum atomic E-state index is 6.52. The van der Waals surface area contributed by atoms with Crippen molar-refractivity contribution >= 4 is 23.2 Å². The zero-order valence-corrected chi connectivity index (χ0v) is 10.7. The molecule has 0 heterocycles. The van der Waals surface area contributed by atoms with Crippen molar-refractivity contribution in [1.29, 1.82) is 0 Å². The molecule has 16 heavy (non-hydrogen) atoms. The lowest BCUT2D eigenvalue weighted by atomic mass is 9.94. The van der Waals surface area contributed by atoms with Crippen molar-refractivity contribution in [2.75, 3.05) is 0 Å². The van der Waals surface area contributed by atoms with Gasteiger partial charge in [-0.3, -0.25) is 0 Å². The van der Waals surface area contributed by atoms with Gasteiger partial charge in [-0.05, 0) is 61.1 Å². The van der Waals surface area contributed by atoms with Gasteiger partial charge in [-0.15, -0.1) is 11.6 Å². The van der Waals surface area contributed by atoms with E-state index in [9.17, 15) is 0 Å². The van der Waals surface area contributed by atoms with Crippen LogP contribution in [0, 0.1) is 17.8 Å². The Morgan fingerprint density at radius 2 is 1.94 bits per heavy atom. The van der Waals surface area contributed by atoms with E-state index in [-0.39, 0.29) is 0 Å². The Labute approximate surface area is 107 Å². The molecule has 0 spiro atoms. The van der Waals surface area contributed by atoms with Gasteiger partial charge in [-0.1, -0.05) is 23.7 Å². The Hall–Kier alpha value is -0.200. The van der Waals surface area contributed by atoms with Crippen LogP contribution < -0.4 is 0 Å². The summed E-state index contributed by atoms with van der Waals surface area (Å²) in [7, 11) is 0. The molecule has 0 radical (unpaired) electrons. The standard InChI is InChI=1S/C14H16Cl2/c15-13-3-1-2-9(4-13)5-14(16)12-7-10-6-11(10)8-12/h1-4,10-12,14H,5-8H2. The Morgan fingerprint density at radius 3 is 2.62 bits per heavy atom. The highest BCUT2D eigenvalue weighted by molar-refractivity contribution is 6.30. The highest BCUT2D eigenvalue weighted by Crippen LogP contribution is 2.56. The number of alkyl halides is 1. The predicted octanol–water partition coefficient (Wildman–Crippen LogP) is 4.54. The SMILES string of the molecule is Clc1cccc(CC(Cl)C2CC3CC3C2)c1. The first-order valence-corrected chi connectivity index (χ1v) is 6.92. The summed E-state index contributed by atoms with van der Waals surface area (Å²) in [5, 5.41) is 1.11. The second-order valence-corrected chi connectivity index (χ2v) is 6.33. The maximum Gasteiger partial charge on any atom is 0.0408 e. The second-order valence-electron chi connectivity index (χ2n) is 5.34.